The van der Waals surface area contributed by atoms with Crippen LogP contribution in [0, 0.1) is 0 Å². The number of nitrogens with two attached hydrogens (primary N) is 1. The molecule has 0 fully saturated rings. The fourth-order valence-electron chi connectivity index (χ4n) is 1.76. The molecule has 0 saturated carbocycles. The van der Waals surface area contributed by atoms with Gasteiger partial charge in [0.15, 0.2) is 5.82 Å². The van der Waals surface area contributed by atoms with E-state index in [9.17, 15) is 0 Å². The Morgan fingerprint density at radius 3 is 2.71 bits per heavy atom. The number of rotatable bonds is 5. The molecule has 0 amide bonds. The Morgan fingerprint density at radius 1 is 1.29 bits per heavy atom. The van der Waals surface area contributed by atoms with Crippen LogP contribution in [-0.2, 0) is 26.1 Å². The van der Waals surface area contributed by atoms with Crippen LogP contribution in [0.1, 0.15) is 31.1 Å². The molecule has 0 spiro atoms. The van der Waals surface area contributed by atoms with E-state index in [-0.39, 0.29) is 0 Å². The Kier molecular flexibility index (Phi) is 3.53. The van der Waals surface area contributed by atoms with Gasteiger partial charge in [-0.05, 0) is 19.4 Å². The largest absolute Gasteiger partial charge is 0.324 e. The van der Waals surface area contributed by atoms with Crippen LogP contribution >= 0.6 is 0 Å². The number of aryl methyl sites for hydroxylation is 2. The molecule has 2 aromatic rings. The summed E-state index contributed by atoms with van der Waals surface area (Å²) in [5.74, 6) is 0.670. The molecule has 2 aromatic heterocycles. The Morgan fingerprint density at radius 2 is 2.12 bits per heavy atom. The van der Waals surface area contributed by atoms with Gasteiger partial charge in [0.05, 0.1) is 24.5 Å². The highest BCUT2D eigenvalue weighted by atomic mass is 15.4. The summed E-state index contributed by atoms with van der Waals surface area (Å²) in [6.45, 7) is 6.12. The molecular weight excluding hydrogens is 216 g/mol. The number of aromatic nitrogens is 5. The molecule has 0 saturated heterocycles. The van der Waals surface area contributed by atoms with Gasteiger partial charge in [-0.1, -0.05) is 6.92 Å². The van der Waals surface area contributed by atoms with Gasteiger partial charge in [0.25, 0.3) is 0 Å². The molecule has 2 N–H and O–H groups in total. The average molecular weight is 234 g/mol. The number of nitrogens with zero attached hydrogens (tertiary/aromatic N) is 5. The van der Waals surface area contributed by atoms with E-state index in [0.717, 1.165) is 24.4 Å². The molecule has 6 nitrogen and oxygen atoms in total. The molecule has 6 heteroatoms. The van der Waals surface area contributed by atoms with Gasteiger partial charge in [0, 0.05) is 6.54 Å². The van der Waals surface area contributed by atoms with Crippen LogP contribution in [0.15, 0.2) is 12.4 Å². The summed E-state index contributed by atoms with van der Waals surface area (Å²) in [6, 6.07) is 2.12. The van der Waals surface area contributed by atoms with Gasteiger partial charge in [-0.2, -0.15) is 10.2 Å². The van der Waals surface area contributed by atoms with E-state index in [1.165, 1.54) is 0 Å². The van der Waals surface area contributed by atoms with Gasteiger partial charge in [0.1, 0.15) is 6.33 Å². The van der Waals surface area contributed by atoms with Gasteiger partial charge in [-0.3, -0.25) is 4.68 Å². The van der Waals surface area contributed by atoms with Gasteiger partial charge >= 0.3 is 0 Å². The van der Waals surface area contributed by atoms with E-state index in [0.29, 0.717) is 18.9 Å². The second kappa shape index (κ2) is 5.09. The zero-order chi connectivity index (χ0) is 12.3. The molecule has 0 aromatic carbocycles. The van der Waals surface area contributed by atoms with Crippen molar-refractivity contribution >= 4 is 0 Å². The first kappa shape index (κ1) is 11.8. The Bertz CT molecular complexity index is 484. The van der Waals surface area contributed by atoms with Crippen molar-refractivity contribution in [2.24, 2.45) is 5.73 Å². The fraction of sp³-hybridized carbons (Fsp3) is 0.545. The van der Waals surface area contributed by atoms with E-state index in [2.05, 4.69) is 35.1 Å². The predicted molar refractivity (Wildman–Crippen MR) is 64.3 cm³/mol. The highest BCUT2D eigenvalue weighted by molar-refractivity contribution is 5.10. The summed E-state index contributed by atoms with van der Waals surface area (Å²) in [5, 5.41) is 8.77. The molecular formula is C11H18N6. The zero-order valence-corrected chi connectivity index (χ0v) is 10.3. The second-order valence-electron chi connectivity index (χ2n) is 3.86. The molecule has 17 heavy (non-hydrogen) atoms. The van der Waals surface area contributed by atoms with E-state index in [1.54, 1.807) is 11.0 Å². The topological polar surface area (TPSA) is 74.6 Å². The van der Waals surface area contributed by atoms with Crippen molar-refractivity contribution in [3.05, 3.63) is 29.6 Å². The van der Waals surface area contributed by atoms with Gasteiger partial charge in [-0.25, -0.2) is 9.67 Å². The lowest BCUT2D eigenvalue weighted by molar-refractivity contribution is 0.570. The van der Waals surface area contributed by atoms with Crippen molar-refractivity contribution in [1.29, 1.82) is 0 Å². The molecule has 0 aliphatic carbocycles. The number of hydrogen-bond donors (Lipinski definition) is 1. The molecule has 92 valence electrons. The first-order valence-electron chi connectivity index (χ1n) is 5.90. The molecule has 0 bridgehead atoms. The maximum Gasteiger partial charge on any atom is 0.164 e. The summed E-state index contributed by atoms with van der Waals surface area (Å²) in [7, 11) is 0. The maximum absolute atomic E-state index is 5.48. The molecule has 0 aliphatic heterocycles. The molecule has 2 heterocycles. The maximum atomic E-state index is 5.48. The molecule has 0 radical (unpaired) electrons. The Labute approximate surface area is 100 Å². The molecule has 2 rings (SSSR count). The lowest BCUT2D eigenvalue weighted by Crippen LogP contribution is -2.09. The molecule has 0 atom stereocenters. The van der Waals surface area contributed by atoms with E-state index >= 15 is 0 Å². The quantitative estimate of drug-likeness (QED) is 0.820. The molecule has 0 aliphatic rings. The fourth-order valence-corrected chi connectivity index (χ4v) is 1.76. The number of hydrogen-bond acceptors (Lipinski definition) is 4. The van der Waals surface area contributed by atoms with Crippen molar-refractivity contribution in [2.75, 3.05) is 0 Å². The van der Waals surface area contributed by atoms with Crippen molar-refractivity contribution in [1.82, 2.24) is 24.5 Å². The third-order valence-corrected chi connectivity index (χ3v) is 2.67. The van der Waals surface area contributed by atoms with Gasteiger partial charge < -0.3 is 5.73 Å². The van der Waals surface area contributed by atoms with E-state index in [1.807, 2.05) is 4.68 Å². The summed E-state index contributed by atoms with van der Waals surface area (Å²) in [4.78, 5) is 4.11. The predicted octanol–water partition coefficient (Wildman–Crippen LogP) is 0.564. The van der Waals surface area contributed by atoms with Crippen LogP contribution in [-0.4, -0.2) is 24.5 Å². The lowest BCUT2D eigenvalue weighted by atomic mass is 10.3. The van der Waals surface area contributed by atoms with Crippen LogP contribution in [0.3, 0.4) is 0 Å². The van der Waals surface area contributed by atoms with Crippen LogP contribution in [0.5, 0.6) is 0 Å². The third kappa shape index (κ3) is 2.52. The SMILES string of the molecule is CCc1cc(Cn2cnc(CN)n2)n(CC)n1. The van der Waals surface area contributed by atoms with Crippen molar-refractivity contribution in [3.63, 3.8) is 0 Å². The van der Waals surface area contributed by atoms with Gasteiger partial charge in [0.2, 0.25) is 0 Å². The molecule has 0 unspecified atom stereocenters. The van der Waals surface area contributed by atoms with Crippen LogP contribution in [0.4, 0.5) is 0 Å². The highest BCUT2D eigenvalue weighted by Gasteiger charge is 2.07. The second-order valence-corrected chi connectivity index (χ2v) is 3.86. The lowest BCUT2D eigenvalue weighted by Gasteiger charge is -2.03. The zero-order valence-electron chi connectivity index (χ0n) is 10.3. The first-order valence-corrected chi connectivity index (χ1v) is 5.90. The summed E-state index contributed by atoms with van der Waals surface area (Å²) < 4.78 is 3.80. The van der Waals surface area contributed by atoms with Crippen LogP contribution in [0.2, 0.25) is 0 Å². The van der Waals surface area contributed by atoms with Crippen LogP contribution < -0.4 is 5.73 Å². The highest BCUT2D eigenvalue weighted by Crippen LogP contribution is 2.07. The summed E-state index contributed by atoms with van der Waals surface area (Å²) in [5.41, 5.74) is 7.75. The minimum atomic E-state index is 0.375. The Hall–Kier alpha value is -1.69. The van der Waals surface area contributed by atoms with Crippen molar-refractivity contribution in [3.8, 4) is 0 Å². The smallest absolute Gasteiger partial charge is 0.164 e. The van der Waals surface area contributed by atoms with Gasteiger partial charge in [-0.15, -0.1) is 0 Å². The standard InChI is InChI=1S/C11H18N6/c1-3-9-5-10(17(4-2)14-9)7-16-8-13-11(6-12)15-16/h5,8H,3-4,6-7,12H2,1-2H3. The summed E-state index contributed by atoms with van der Waals surface area (Å²) in [6.07, 6.45) is 2.66. The minimum absolute atomic E-state index is 0.375. The minimum Gasteiger partial charge on any atom is -0.324 e. The average Bonchev–Trinajstić information content (AvgIpc) is 2.95. The van der Waals surface area contributed by atoms with E-state index in [4.69, 9.17) is 5.73 Å². The normalized spacial score (nSPS) is 11.0. The monoisotopic (exact) mass is 234 g/mol. The third-order valence-electron chi connectivity index (χ3n) is 2.67. The first-order chi connectivity index (χ1) is 8.26. The van der Waals surface area contributed by atoms with Crippen molar-refractivity contribution in [2.45, 2.75) is 39.9 Å². The van der Waals surface area contributed by atoms with Crippen LogP contribution in [0.25, 0.3) is 0 Å². The summed E-state index contributed by atoms with van der Waals surface area (Å²) >= 11 is 0. The Balaban J connectivity index is 2.19. The van der Waals surface area contributed by atoms with E-state index < -0.39 is 0 Å². The van der Waals surface area contributed by atoms with Crippen molar-refractivity contribution < 1.29 is 0 Å².